The standard InChI is InChI=1S/C22H24N6O2S/c1-16-4-6-19(7-5-16)28-15-24-26-22(28)31-14-20(29)27-11-8-18(9-12-27)25-21(30)17-3-2-10-23-13-17/h2-7,10,13,15,18H,8-9,11-12,14H2,1H3,(H,25,30). The maximum absolute atomic E-state index is 12.7. The van der Waals surface area contributed by atoms with Gasteiger partial charge in [-0.3, -0.25) is 19.1 Å². The lowest BCUT2D eigenvalue weighted by atomic mass is 10.0. The van der Waals surface area contributed by atoms with Gasteiger partial charge in [0.05, 0.1) is 11.3 Å². The summed E-state index contributed by atoms with van der Waals surface area (Å²) in [6, 6.07) is 11.6. The summed E-state index contributed by atoms with van der Waals surface area (Å²) in [7, 11) is 0. The number of aryl methyl sites for hydroxylation is 1. The van der Waals surface area contributed by atoms with Crippen LogP contribution >= 0.6 is 11.8 Å². The van der Waals surface area contributed by atoms with E-state index in [-0.39, 0.29) is 17.9 Å². The molecule has 1 saturated heterocycles. The maximum atomic E-state index is 12.7. The molecule has 0 aliphatic carbocycles. The predicted molar refractivity (Wildman–Crippen MR) is 118 cm³/mol. The van der Waals surface area contributed by atoms with Crippen molar-refractivity contribution < 1.29 is 9.59 Å². The number of pyridine rings is 1. The van der Waals surface area contributed by atoms with Crippen molar-refractivity contribution in [1.29, 1.82) is 0 Å². The van der Waals surface area contributed by atoms with E-state index in [9.17, 15) is 9.59 Å². The molecule has 3 aromatic rings. The molecule has 1 N–H and O–H groups in total. The third kappa shape index (κ3) is 5.29. The van der Waals surface area contributed by atoms with E-state index in [4.69, 9.17) is 0 Å². The van der Waals surface area contributed by atoms with Crippen molar-refractivity contribution in [2.24, 2.45) is 0 Å². The van der Waals surface area contributed by atoms with Crippen LogP contribution in [0, 0.1) is 6.92 Å². The average Bonchev–Trinajstić information content (AvgIpc) is 3.27. The molecule has 1 aliphatic rings. The SMILES string of the molecule is Cc1ccc(-n2cnnc2SCC(=O)N2CCC(NC(=O)c3cccnc3)CC2)cc1. The molecule has 1 fully saturated rings. The van der Waals surface area contributed by atoms with E-state index in [2.05, 4.69) is 20.5 Å². The summed E-state index contributed by atoms with van der Waals surface area (Å²) < 4.78 is 1.89. The van der Waals surface area contributed by atoms with Gasteiger partial charge in [0.25, 0.3) is 5.91 Å². The lowest BCUT2D eigenvalue weighted by Crippen LogP contribution is -2.47. The van der Waals surface area contributed by atoms with Gasteiger partial charge in [0.15, 0.2) is 5.16 Å². The number of nitrogens with zero attached hydrogens (tertiary/aromatic N) is 5. The first kappa shape index (κ1) is 21.0. The van der Waals surface area contributed by atoms with E-state index in [0.29, 0.717) is 29.6 Å². The van der Waals surface area contributed by atoms with Crippen molar-refractivity contribution in [2.45, 2.75) is 31.0 Å². The number of amides is 2. The molecule has 0 spiro atoms. The summed E-state index contributed by atoms with van der Waals surface area (Å²) in [5.41, 5.74) is 2.70. The molecule has 2 aromatic heterocycles. The van der Waals surface area contributed by atoms with Crippen molar-refractivity contribution in [3.63, 3.8) is 0 Å². The van der Waals surface area contributed by atoms with Gasteiger partial charge in [-0.05, 0) is 44.0 Å². The predicted octanol–water partition coefficient (Wildman–Crippen LogP) is 2.48. The Labute approximate surface area is 185 Å². The zero-order chi connectivity index (χ0) is 21.6. The number of thioether (sulfide) groups is 1. The van der Waals surface area contributed by atoms with Crippen molar-refractivity contribution in [3.05, 3.63) is 66.2 Å². The Kier molecular flexibility index (Phi) is 6.61. The fourth-order valence-electron chi connectivity index (χ4n) is 3.46. The second-order valence-corrected chi connectivity index (χ2v) is 8.42. The van der Waals surface area contributed by atoms with Gasteiger partial charge in [-0.1, -0.05) is 29.5 Å². The Morgan fingerprint density at radius 2 is 1.94 bits per heavy atom. The maximum Gasteiger partial charge on any atom is 0.253 e. The van der Waals surface area contributed by atoms with E-state index < -0.39 is 0 Å². The molecule has 31 heavy (non-hydrogen) atoms. The summed E-state index contributed by atoms with van der Waals surface area (Å²) in [4.78, 5) is 30.8. The van der Waals surface area contributed by atoms with Crippen LogP contribution in [0.5, 0.6) is 0 Å². The van der Waals surface area contributed by atoms with Crippen LogP contribution in [0.15, 0.2) is 60.3 Å². The quantitative estimate of drug-likeness (QED) is 0.597. The van der Waals surface area contributed by atoms with Crippen molar-refractivity contribution in [3.8, 4) is 5.69 Å². The molecule has 4 rings (SSSR count). The molecule has 0 saturated carbocycles. The zero-order valence-electron chi connectivity index (χ0n) is 17.3. The molecular weight excluding hydrogens is 412 g/mol. The molecule has 1 aliphatic heterocycles. The van der Waals surface area contributed by atoms with E-state index in [0.717, 1.165) is 18.5 Å². The molecule has 9 heteroatoms. The fraction of sp³-hybridized carbons (Fsp3) is 0.318. The normalized spacial score (nSPS) is 14.4. The van der Waals surface area contributed by atoms with Crippen LogP contribution in [0.3, 0.4) is 0 Å². The number of hydrogen-bond donors (Lipinski definition) is 1. The first-order valence-electron chi connectivity index (χ1n) is 10.2. The minimum Gasteiger partial charge on any atom is -0.349 e. The Balaban J connectivity index is 1.26. The van der Waals surface area contributed by atoms with Gasteiger partial charge in [0.2, 0.25) is 5.91 Å². The Hall–Kier alpha value is -3.20. The monoisotopic (exact) mass is 436 g/mol. The molecule has 0 atom stereocenters. The number of carbonyl (C=O) groups is 2. The number of benzene rings is 1. The van der Waals surface area contributed by atoms with Crippen molar-refractivity contribution >= 4 is 23.6 Å². The summed E-state index contributed by atoms with van der Waals surface area (Å²) in [6.07, 6.45) is 6.33. The topological polar surface area (TPSA) is 93.0 Å². The van der Waals surface area contributed by atoms with Crippen LogP contribution in [0.1, 0.15) is 28.8 Å². The van der Waals surface area contributed by atoms with Crippen LogP contribution in [0.4, 0.5) is 0 Å². The Bertz CT molecular complexity index is 1030. The third-order valence-corrected chi connectivity index (χ3v) is 6.19. The minimum absolute atomic E-state index is 0.0639. The van der Waals surface area contributed by atoms with Crippen LogP contribution in [0.2, 0.25) is 0 Å². The molecule has 8 nitrogen and oxygen atoms in total. The van der Waals surface area contributed by atoms with E-state index >= 15 is 0 Å². The molecule has 0 bridgehead atoms. The first-order valence-corrected chi connectivity index (χ1v) is 11.2. The van der Waals surface area contributed by atoms with Gasteiger partial charge >= 0.3 is 0 Å². The van der Waals surface area contributed by atoms with Crippen LogP contribution in [0.25, 0.3) is 5.69 Å². The number of carbonyl (C=O) groups excluding carboxylic acids is 2. The molecule has 1 aromatic carbocycles. The number of hydrogen-bond acceptors (Lipinski definition) is 6. The zero-order valence-corrected chi connectivity index (χ0v) is 18.1. The second-order valence-electron chi connectivity index (χ2n) is 7.48. The van der Waals surface area contributed by atoms with Crippen LogP contribution < -0.4 is 5.32 Å². The van der Waals surface area contributed by atoms with Crippen LogP contribution in [-0.4, -0.2) is 61.3 Å². The highest BCUT2D eigenvalue weighted by atomic mass is 32.2. The summed E-state index contributed by atoms with van der Waals surface area (Å²) in [6.45, 7) is 3.29. The highest BCUT2D eigenvalue weighted by Crippen LogP contribution is 2.21. The number of nitrogens with one attached hydrogen (secondary N) is 1. The Morgan fingerprint density at radius 3 is 2.65 bits per heavy atom. The molecule has 2 amide bonds. The lowest BCUT2D eigenvalue weighted by molar-refractivity contribution is -0.129. The number of aromatic nitrogens is 4. The first-order chi connectivity index (χ1) is 15.1. The van der Waals surface area contributed by atoms with Gasteiger partial charge in [-0.2, -0.15) is 0 Å². The molecular formula is C22H24N6O2S. The second kappa shape index (κ2) is 9.74. The molecule has 3 heterocycles. The number of piperidine rings is 1. The van der Waals surface area contributed by atoms with Crippen LogP contribution in [-0.2, 0) is 4.79 Å². The Morgan fingerprint density at radius 1 is 1.16 bits per heavy atom. The van der Waals surface area contributed by atoms with Gasteiger partial charge < -0.3 is 10.2 Å². The molecule has 0 radical (unpaired) electrons. The van der Waals surface area contributed by atoms with Crippen molar-refractivity contribution in [2.75, 3.05) is 18.8 Å². The summed E-state index contributed by atoms with van der Waals surface area (Å²) in [5, 5.41) is 11.9. The number of rotatable bonds is 6. The smallest absolute Gasteiger partial charge is 0.253 e. The largest absolute Gasteiger partial charge is 0.349 e. The third-order valence-electron chi connectivity index (χ3n) is 5.26. The van der Waals surface area contributed by atoms with Gasteiger partial charge in [-0.15, -0.1) is 10.2 Å². The average molecular weight is 437 g/mol. The highest BCUT2D eigenvalue weighted by Gasteiger charge is 2.24. The van der Waals surface area contributed by atoms with E-state index in [1.807, 2.05) is 40.7 Å². The summed E-state index contributed by atoms with van der Waals surface area (Å²) in [5.74, 6) is 0.251. The van der Waals surface area contributed by atoms with E-state index in [1.165, 1.54) is 17.3 Å². The van der Waals surface area contributed by atoms with Gasteiger partial charge in [0.1, 0.15) is 6.33 Å². The van der Waals surface area contributed by atoms with Gasteiger partial charge in [0, 0.05) is 37.2 Å². The number of likely N-dealkylation sites (tertiary alicyclic amines) is 1. The highest BCUT2D eigenvalue weighted by molar-refractivity contribution is 7.99. The van der Waals surface area contributed by atoms with Crippen molar-refractivity contribution in [1.82, 2.24) is 30.0 Å². The molecule has 0 unspecified atom stereocenters. The lowest BCUT2D eigenvalue weighted by Gasteiger charge is -2.32. The minimum atomic E-state index is -0.121. The fourth-order valence-corrected chi connectivity index (χ4v) is 4.29. The van der Waals surface area contributed by atoms with E-state index in [1.54, 1.807) is 30.9 Å². The summed E-state index contributed by atoms with van der Waals surface area (Å²) >= 11 is 1.38. The molecule has 160 valence electrons. The van der Waals surface area contributed by atoms with Gasteiger partial charge in [-0.25, -0.2) is 0 Å².